The summed E-state index contributed by atoms with van der Waals surface area (Å²) in [5, 5.41) is 0. The summed E-state index contributed by atoms with van der Waals surface area (Å²) in [6.07, 6.45) is 3.16. The molecule has 0 N–H and O–H groups in total. The Kier molecular flexibility index (Phi) is 5.92. The SMILES string of the molecule is Cc1ccccc1-c1ccccc1CC1(C(=O)N(C)C)CCN(C(=O)[C@H]2C[C@@H]2C)CC1. The molecule has 1 saturated carbocycles. The van der Waals surface area contributed by atoms with E-state index >= 15 is 0 Å². The van der Waals surface area contributed by atoms with Gasteiger partial charge in [-0.2, -0.15) is 0 Å². The fourth-order valence-corrected chi connectivity index (χ4v) is 5.17. The number of carbonyl (C=O) groups excluding carboxylic acids is 2. The van der Waals surface area contributed by atoms with Crippen molar-refractivity contribution in [1.29, 1.82) is 0 Å². The van der Waals surface area contributed by atoms with Crippen LogP contribution >= 0.6 is 0 Å². The molecule has 1 heterocycles. The quantitative estimate of drug-likeness (QED) is 0.714. The van der Waals surface area contributed by atoms with Crippen molar-refractivity contribution in [3.05, 3.63) is 59.7 Å². The lowest BCUT2D eigenvalue weighted by Crippen LogP contribution is -2.51. The van der Waals surface area contributed by atoms with E-state index in [1.54, 1.807) is 4.90 Å². The molecule has 164 valence electrons. The standard InChI is InChI=1S/C27H34N2O2/c1-19-9-5-7-11-22(19)23-12-8-6-10-21(23)18-27(26(31)28(3)4)13-15-29(16-14-27)25(30)24-17-20(24)2/h5-12,20,24H,13-18H2,1-4H3/t20-,24-/m0/s1. The van der Waals surface area contributed by atoms with E-state index in [0.717, 1.165) is 19.3 Å². The molecule has 0 radical (unpaired) electrons. The predicted molar refractivity (Wildman–Crippen MR) is 125 cm³/mol. The zero-order valence-electron chi connectivity index (χ0n) is 19.2. The van der Waals surface area contributed by atoms with Crippen LogP contribution in [0.2, 0.25) is 0 Å². The molecule has 1 aliphatic heterocycles. The smallest absolute Gasteiger partial charge is 0.228 e. The number of hydrogen-bond acceptors (Lipinski definition) is 2. The Balaban J connectivity index is 1.62. The first-order valence-corrected chi connectivity index (χ1v) is 11.5. The Morgan fingerprint density at radius 3 is 2.16 bits per heavy atom. The molecule has 4 nitrogen and oxygen atoms in total. The Bertz CT molecular complexity index is 973. The zero-order chi connectivity index (χ0) is 22.2. The second kappa shape index (κ2) is 8.49. The second-order valence-corrected chi connectivity index (χ2v) is 9.77. The summed E-state index contributed by atoms with van der Waals surface area (Å²) in [5.41, 5.74) is 4.41. The second-order valence-electron chi connectivity index (χ2n) is 9.77. The lowest BCUT2D eigenvalue weighted by Gasteiger charge is -2.42. The maximum atomic E-state index is 13.4. The molecule has 2 amide bonds. The number of likely N-dealkylation sites (tertiary alicyclic amines) is 1. The highest BCUT2D eigenvalue weighted by atomic mass is 16.2. The number of benzene rings is 2. The van der Waals surface area contributed by atoms with Crippen LogP contribution in [0.3, 0.4) is 0 Å². The highest BCUT2D eigenvalue weighted by molar-refractivity contribution is 5.85. The van der Waals surface area contributed by atoms with E-state index in [-0.39, 0.29) is 11.8 Å². The molecule has 2 atom stereocenters. The highest BCUT2D eigenvalue weighted by Gasteiger charge is 2.47. The molecule has 2 aromatic rings. The van der Waals surface area contributed by atoms with Gasteiger partial charge in [-0.1, -0.05) is 55.5 Å². The zero-order valence-corrected chi connectivity index (χ0v) is 19.2. The third-order valence-electron chi connectivity index (χ3n) is 7.30. The van der Waals surface area contributed by atoms with Gasteiger partial charge < -0.3 is 9.80 Å². The van der Waals surface area contributed by atoms with Gasteiger partial charge in [0.2, 0.25) is 11.8 Å². The average molecular weight is 419 g/mol. The van der Waals surface area contributed by atoms with Gasteiger partial charge in [-0.3, -0.25) is 9.59 Å². The van der Waals surface area contributed by atoms with Crippen LogP contribution in [-0.2, 0) is 16.0 Å². The minimum absolute atomic E-state index is 0.180. The molecule has 31 heavy (non-hydrogen) atoms. The molecule has 2 aliphatic rings. The molecule has 0 spiro atoms. The maximum absolute atomic E-state index is 13.4. The van der Waals surface area contributed by atoms with Crippen LogP contribution in [0.25, 0.3) is 11.1 Å². The number of amides is 2. The van der Waals surface area contributed by atoms with Crippen molar-refractivity contribution < 1.29 is 9.59 Å². The molecule has 1 saturated heterocycles. The molecule has 4 heteroatoms. The molecular formula is C27H34N2O2. The van der Waals surface area contributed by atoms with Crippen LogP contribution in [0.1, 0.15) is 37.3 Å². The molecule has 2 aromatic carbocycles. The summed E-state index contributed by atoms with van der Waals surface area (Å²) in [6.45, 7) is 5.63. The van der Waals surface area contributed by atoms with E-state index in [9.17, 15) is 9.59 Å². The van der Waals surface area contributed by atoms with Crippen molar-refractivity contribution >= 4 is 11.8 Å². The molecule has 0 unspecified atom stereocenters. The lowest BCUT2D eigenvalue weighted by atomic mass is 9.71. The van der Waals surface area contributed by atoms with E-state index in [0.29, 0.717) is 31.3 Å². The third-order valence-corrected chi connectivity index (χ3v) is 7.30. The first-order valence-electron chi connectivity index (χ1n) is 11.5. The molecule has 0 bridgehead atoms. The number of carbonyl (C=O) groups is 2. The van der Waals surface area contributed by atoms with Crippen molar-refractivity contribution in [3.8, 4) is 11.1 Å². The number of rotatable bonds is 5. The molecule has 4 rings (SSSR count). The Morgan fingerprint density at radius 1 is 1.00 bits per heavy atom. The van der Waals surface area contributed by atoms with Crippen LogP contribution in [0.5, 0.6) is 0 Å². The van der Waals surface area contributed by atoms with Gasteiger partial charge in [0.25, 0.3) is 0 Å². The average Bonchev–Trinajstić information content (AvgIpc) is 3.50. The van der Waals surface area contributed by atoms with Crippen molar-refractivity contribution in [2.24, 2.45) is 17.3 Å². The minimum Gasteiger partial charge on any atom is -0.348 e. The molecule has 2 fully saturated rings. The summed E-state index contributed by atoms with van der Waals surface area (Å²) in [4.78, 5) is 29.9. The maximum Gasteiger partial charge on any atom is 0.228 e. The van der Waals surface area contributed by atoms with Crippen LogP contribution in [0, 0.1) is 24.2 Å². The number of aryl methyl sites for hydroxylation is 1. The fourth-order valence-electron chi connectivity index (χ4n) is 5.17. The van der Waals surface area contributed by atoms with Gasteiger partial charge in [0, 0.05) is 33.1 Å². The van der Waals surface area contributed by atoms with Crippen LogP contribution in [0.4, 0.5) is 0 Å². The lowest BCUT2D eigenvalue weighted by molar-refractivity contribution is -0.146. The van der Waals surface area contributed by atoms with Gasteiger partial charge in [-0.15, -0.1) is 0 Å². The summed E-state index contributed by atoms with van der Waals surface area (Å²) >= 11 is 0. The summed E-state index contributed by atoms with van der Waals surface area (Å²) in [5.74, 6) is 1.19. The summed E-state index contributed by atoms with van der Waals surface area (Å²) in [7, 11) is 3.70. The normalized spacial score (nSPS) is 22.1. The van der Waals surface area contributed by atoms with Crippen LogP contribution < -0.4 is 0 Å². The monoisotopic (exact) mass is 418 g/mol. The van der Waals surface area contributed by atoms with Gasteiger partial charge in [0.05, 0.1) is 5.41 Å². The minimum atomic E-state index is -0.464. The van der Waals surface area contributed by atoms with Gasteiger partial charge >= 0.3 is 0 Å². The Morgan fingerprint density at radius 2 is 1.58 bits per heavy atom. The van der Waals surface area contributed by atoms with Crippen molar-refractivity contribution in [2.75, 3.05) is 27.2 Å². The van der Waals surface area contributed by atoms with E-state index < -0.39 is 5.41 Å². The fraction of sp³-hybridized carbons (Fsp3) is 0.481. The van der Waals surface area contributed by atoms with E-state index in [1.807, 2.05) is 19.0 Å². The molecular weight excluding hydrogens is 384 g/mol. The highest BCUT2D eigenvalue weighted by Crippen LogP contribution is 2.43. The van der Waals surface area contributed by atoms with Crippen molar-refractivity contribution in [3.63, 3.8) is 0 Å². The topological polar surface area (TPSA) is 40.6 Å². The van der Waals surface area contributed by atoms with Gasteiger partial charge in [-0.05, 0) is 60.8 Å². The first-order chi connectivity index (χ1) is 14.8. The van der Waals surface area contributed by atoms with E-state index in [1.165, 1.54) is 22.3 Å². The van der Waals surface area contributed by atoms with Crippen molar-refractivity contribution in [2.45, 2.75) is 39.5 Å². The summed E-state index contributed by atoms with van der Waals surface area (Å²) in [6, 6.07) is 16.9. The third kappa shape index (κ3) is 4.26. The van der Waals surface area contributed by atoms with Crippen molar-refractivity contribution in [1.82, 2.24) is 9.80 Å². The Hall–Kier alpha value is -2.62. The van der Waals surface area contributed by atoms with Gasteiger partial charge in [-0.25, -0.2) is 0 Å². The van der Waals surface area contributed by atoms with E-state index in [4.69, 9.17) is 0 Å². The largest absolute Gasteiger partial charge is 0.348 e. The first kappa shape index (κ1) is 21.6. The van der Waals surface area contributed by atoms with Gasteiger partial charge in [0.1, 0.15) is 0 Å². The molecule has 0 aromatic heterocycles. The van der Waals surface area contributed by atoms with Crippen LogP contribution in [-0.4, -0.2) is 48.8 Å². The Labute approximate surface area is 186 Å². The summed E-state index contributed by atoms with van der Waals surface area (Å²) < 4.78 is 0. The molecule has 1 aliphatic carbocycles. The number of piperidine rings is 1. The van der Waals surface area contributed by atoms with Crippen LogP contribution in [0.15, 0.2) is 48.5 Å². The number of nitrogens with zero attached hydrogens (tertiary/aromatic N) is 2. The van der Waals surface area contributed by atoms with Gasteiger partial charge in [0.15, 0.2) is 0 Å². The number of hydrogen-bond donors (Lipinski definition) is 0. The van der Waals surface area contributed by atoms with E-state index in [2.05, 4.69) is 62.4 Å². The predicted octanol–water partition coefficient (Wildman–Crippen LogP) is 4.56.